The molecule has 0 spiro atoms. The minimum Gasteiger partial charge on any atom is -0.455 e. The minimum atomic E-state index is -1.12. The van der Waals surface area contributed by atoms with Crippen LogP contribution in [0.3, 0.4) is 0 Å². The summed E-state index contributed by atoms with van der Waals surface area (Å²) < 4.78 is 24.3. The highest BCUT2D eigenvalue weighted by Gasteiger charge is 2.67. The SMILES string of the molecule is CCC(C)C(=O)O[C@H]1[C@@H](O)[C@@H](C)O[C@@H](O[C@]2(C)CC[C@@H]3[C@H]([C@@H]4[C@H](C)CC[C@@H]42)C3(C)C)[C@@H]1OC(C)=O. The number of ether oxygens (including phenoxy) is 4. The van der Waals surface area contributed by atoms with Gasteiger partial charge in [-0.3, -0.25) is 9.59 Å². The summed E-state index contributed by atoms with van der Waals surface area (Å²) >= 11 is 0. The smallest absolute Gasteiger partial charge is 0.309 e. The van der Waals surface area contributed by atoms with E-state index in [0.29, 0.717) is 35.5 Å². The summed E-state index contributed by atoms with van der Waals surface area (Å²) in [5.74, 6) is 1.79. The molecule has 12 atom stereocenters. The number of carbonyl (C=O) groups excluding carboxylic acids is 2. The first-order valence-electron chi connectivity index (χ1n) is 13.7. The monoisotopic (exact) mass is 494 g/mol. The number of rotatable bonds is 6. The number of esters is 2. The predicted octanol–water partition coefficient (Wildman–Crippen LogP) is 4.49. The summed E-state index contributed by atoms with van der Waals surface area (Å²) in [4.78, 5) is 24.7. The van der Waals surface area contributed by atoms with Gasteiger partial charge in [-0.1, -0.05) is 41.0 Å². The maximum atomic E-state index is 12.7. The molecule has 7 nitrogen and oxygen atoms in total. The van der Waals surface area contributed by atoms with Crippen LogP contribution in [0.25, 0.3) is 0 Å². The van der Waals surface area contributed by atoms with Crippen LogP contribution in [0.2, 0.25) is 0 Å². The zero-order valence-corrected chi connectivity index (χ0v) is 22.8. The van der Waals surface area contributed by atoms with Crippen LogP contribution >= 0.6 is 0 Å². The molecular formula is C28H46O7. The molecule has 0 amide bonds. The van der Waals surface area contributed by atoms with Crippen molar-refractivity contribution in [2.24, 2.45) is 40.9 Å². The van der Waals surface area contributed by atoms with E-state index < -0.39 is 48.2 Å². The Morgan fingerprint density at radius 2 is 1.74 bits per heavy atom. The van der Waals surface area contributed by atoms with E-state index in [0.717, 1.165) is 25.2 Å². The van der Waals surface area contributed by atoms with Gasteiger partial charge in [-0.2, -0.15) is 0 Å². The first-order chi connectivity index (χ1) is 16.3. The van der Waals surface area contributed by atoms with E-state index in [1.54, 1.807) is 13.8 Å². The van der Waals surface area contributed by atoms with Crippen LogP contribution in [0.5, 0.6) is 0 Å². The first kappa shape index (κ1) is 26.9. The summed E-state index contributed by atoms with van der Waals surface area (Å²) in [5.41, 5.74) is -0.0619. The Morgan fingerprint density at radius 3 is 2.37 bits per heavy atom. The van der Waals surface area contributed by atoms with Gasteiger partial charge in [0.25, 0.3) is 0 Å². The largest absolute Gasteiger partial charge is 0.455 e. The van der Waals surface area contributed by atoms with Gasteiger partial charge in [-0.05, 0) is 74.5 Å². The van der Waals surface area contributed by atoms with Crippen LogP contribution < -0.4 is 0 Å². The van der Waals surface area contributed by atoms with Gasteiger partial charge >= 0.3 is 11.9 Å². The molecule has 200 valence electrons. The zero-order chi connectivity index (χ0) is 25.9. The number of hydrogen-bond acceptors (Lipinski definition) is 7. The van der Waals surface area contributed by atoms with Crippen molar-refractivity contribution < 1.29 is 33.6 Å². The summed E-state index contributed by atoms with van der Waals surface area (Å²) in [6.07, 6.45) is 0.164. The molecule has 7 heteroatoms. The molecule has 1 aliphatic heterocycles. The maximum Gasteiger partial charge on any atom is 0.309 e. The topological polar surface area (TPSA) is 91.3 Å². The van der Waals surface area contributed by atoms with Gasteiger partial charge in [0.2, 0.25) is 0 Å². The molecule has 0 aromatic rings. The quantitative estimate of drug-likeness (QED) is 0.544. The van der Waals surface area contributed by atoms with Gasteiger partial charge < -0.3 is 24.1 Å². The Bertz CT molecular complexity index is 811. The second-order valence-electron chi connectivity index (χ2n) is 12.6. The van der Waals surface area contributed by atoms with Gasteiger partial charge in [0.15, 0.2) is 18.5 Å². The molecule has 3 aliphatic carbocycles. The second-order valence-corrected chi connectivity index (χ2v) is 12.6. The van der Waals surface area contributed by atoms with Gasteiger partial charge in [-0.15, -0.1) is 0 Å². The third-order valence-electron chi connectivity index (χ3n) is 10.1. The van der Waals surface area contributed by atoms with E-state index in [1.165, 1.54) is 13.3 Å². The van der Waals surface area contributed by atoms with Crippen molar-refractivity contribution in [1.29, 1.82) is 0 Å². The van der Waals surface area contributed by atoms with E-state index >= 15 is 0 Å². The summed E-state index contributed by atoms with van der Waals surface area (Å²) in [5, 5.41) is 10.9. The molecule has 4 aliphatic rings. The van der Waals surface area contributed by atoms with Crippen molar-refractivity contribution in [3.8, 4) is 0 Å². The first-order valence-corrected chi connectivity index (χ1v) is 13.7. The lowest BCUT2D eigenvalue weighted by molar-refractivity contribution is -0.330. The maximum absolute atomic E-state index is 12.7. The molecule has 1 heterocycles. The minimum absolute atomic E-state index is 0.326. The molecule has 0 radical (unpaired) electrons. The van der Waals surface area contributed by atoms with E-state index in [-0.39, 0.29) is 5.92 Å². The van der Waals surface area contributed by atoms with Crippen molar-refractivity contribution >= 4 is 11.9 Å². The molecular weight excluding hydrogens is 448 g/mol. The molecule has 4 fully saturated rings. The third kappa shape index (κ3) is 4.77. The second kappa shape index (κ2) is 9.60. The van der Waals surface area contributed by atoms with Crippen LogP contribution in [0.4, 0.5) is 0 Å². The highest BCUT2D eigenvalue weighted by Crippen LogP contribution is 2.71. The Kier molecular flexibility index (Phi) is 7.37. The number of fused-ring (bicyclic) bond motifs is 3. The van der Waals surface area contributed by atoms with Crippen LogP contribution in [0.15, 0.2) is 0 Å². The average molecular weight is 495 g/mol. The average Bonchev–Trinajstić information content (AvgIpc) is 3.16. The van der Waals surface area contributed by atoms with E-state index in [1.807, 2.05) is 6.92 Å². The van der Waals surface area contributed by atoms with Gasteiger partial charge in [-0.25, -0.2) is 0 Å². The molecule has 0 aromatic carbocycles. The molecule has 1 N–H and O–H groups in total. The molecule has 0 aromatic heterocycles. The van der Waals surface area contributed by atoms with Crippen molar-refractivity contribution in [2.45, 2.75) is 124 Å². The Hall–Kier alpha value is -1.18. The summed E-state index contributed by atoms with van der Waals surface area (Å²) in [6.45, 7) is 16.1. The highest BCUT2D eigenvalue weighted by atomic mass is 16.7. The fraction of sp³-hybridized carbons (Fsp3) is 0.929. The molecule has 1 saturated heterocycles. The molecule has 35 heavy (non-hydrogen) atoms. The van der Waals surface area contributed by atoms with Crippen molar-refractivity contribution in [3.63, 3.8) is 0 Å². The Morgan fingerprint density at radius 1 is 1.06 bits per heavy atom. The molecule has 3 saturated carbocycles. The van der Waals surface area contributed by atoms with Crippen LogP contribution in [-0.2, 0) is 28.5 Å². The Labute approximate surface area is 210 Å². The molecule has 4 rings (SSSR count). The van der Waals surface area contributed by atoms with Crippen LogP contribution in [-0.4, -0.2) is 53.4 Å². The number of aliphatic hydroxyl groups excluding tert-OH is 1. The van der Waals surface area contributed by atoms with Gasteiger partial charge in [0, 0.05) is 6.92 Å². The standard InChI is InChI=1S/C28H46O7/c1-9-14(2)25(31)34-23-22(30)16(4)32-26(24(23)33-17(5)29)35-28(8)13-12-19-21(27(19,6)7)20-15(3)10-11-18(20)28/h14-16,18-24,26,30H,9-13H2,1-8H3/t14?,15-,16-,18+,19-,20-,21-,22+,23+,24-,26+,28-/m1/s1. The molecule has 1 unspecified atom stereocenters. The third-order valence-corrected chi connectivity index (χ3v) is 10.1. The number of hydrogen-bond donors (Lipinski definition) is 1. The lowest BCUT2D eigenvalue weighted by Gasteiger charge is -2.47. The van der Waals surface area contributed by atoms with E-state index in [9.17, 15) is 14.7 Å². The van der Waals surface area contributed by atoms with E-state index in [4.69, 9.17) is 18.9 Å². The normalized spacial score (nSPS) is 47.1. The highest BCUT2D eigenvalue weighted by molar-refractivity contribution is 5.72. The lowest BCUT2D eigenvalue weighted by atomic mass is 9.74. The predicted molar refractivity (Wildman–Crippen MR) is 130 cm³/mol. The lowest BCUT2D eigenvalue weighted by Crippen LogP contribution is -2.62. The van der Waals surface area contributed by atoms with Gasteiger partial charge in [0.1, 0.15) is 6.10 Å². The number of carbonyl (C=O) groups is 2. The number of aliphatic hydroxyl groups is 1. The van der Waals surface area contributed by atoms with E-state index in [2.05, 4.69) is 27.7 Å². The van der Waals surface area contributed by atoms with Crippen LogP contribution in [0, 0.1) is 40.9 Å². The summed E-state index contributed by atoms with van der Waals surface area (Å²) in [7, 11) is 0. The van der Waals surface area contributed by atoms with Crippen molar-refractivity contribution in [1.82, 2.24) is 0 Å². The van der Waals surface area contributed by atoms with Crippen molar-refractivity contribution in [3.05, 3.63) is 0 Å². The van der Waals surface area contributed by atoms with Crippen LogP contribution in [0.1, 0.15) is 87.5 Å². The fourth-order valence-corrected chi connectivity index (χ4v) is 7.63. The molecule has 0 bridgehead atoms. The van der Waals surface area contributed by atoms with Gasteiger partial charge in [0.05, 0.1) is 17.6 Å². The van der Waals surface area contributed by atoms with Crippen molar-refractivity contribution in [2.75, 3.05) is 0 Å². The fourth-order valence-electron chi connectivity index (χ4n) is 7.63. The summed E-state index contributed by atoms with van der Waals surface area (Å²) in [6, 6.07) is 0. The zero-order valence-electron chi connectivity index (χ0n) is 22.8. The Balaban J connectivity index is 1.60.